The zero-order chi connectivity index (χ0) is 31.5. The van der Waals surface area contributed by atoms with E-state index in [9.17, 15) is 26.3 Å². The van der Waals surface area contributed by atoms with Crippen molar-refractivity contribution < 1.29 is 56.0 Å². The number of carbonyl (C=O) groups is 2. The maximum Gasteiger partial charge on any atom is 0.490 e. The number of benzene rings is 1. The van der Waals surface area contributed by atoms with Crippen molar-refractivity contribution in [3.05, 3.63) is 41.0 Å². The lowest BCUT2D eigenvalue weighted by atomic mass is 10.2. The number of nitrogens with one attached hydrogen (secondary N) is 1. The number of ether oxygens (including phenoxy) is 1. The van der Waals surface area contributed by atoms with Crippen LogP contribution in [0.3, 0.4) is 0 Å². The average Bonchev–Trinajstić information content (AvgIpc) is 3.33. The standard InChI is InChI=1S/C20H24BrN5O2.2C2HF3O2/c21-16-13-18-20(22-14-16)24-19(23-18)15-1-3-17(4-2-15)28-12-10-26-7-5-25(6-8-26)9-11-27;2*3-2(4,5)1(6)7/h1-4,13-14,27H,5-12H2,(H,22,23,24);2*(H,6,7). The first kappa shape index (κ1) is 34.7. The van der Waals surface area contributed by atoms with Crippen LogP contribution in [0.25, 0.3) is 22.6 Å². The van der Waals surface area contributed by atoms with Crippen molar-refractivity contribution in [2.75, 3.05) is 52.5 Å². The number of alkyl halides is 6. The first-order chi connectivity index (χ1) is 19.6. The van der Waals surface area contributed by atoms with Crippen LogP contribution in [0.2, 0.25) is 0 Å². The Morgan fingerprint density at radius 3 is 1.90 bits per heavy atom. The maximum atomic E-state index is 10.6. The molecule has 4 N–H and O–H groups in total. The molecule has 2 aromatic heterocycles. The van der Waals surface area contributed by atoms with E-state index in [1.54, 1.807) is 6.20 Å². The molecule has 42 heavy (non-hydrogen) atoms. The van der Waals surface area contributed by atoms with Gasteiger partial charge in [0.15, 0.2) is 5.65 Å². The van der Waals surface area contributed by atoms with Gasteiger partial charge >= 0.3 is 24.3 Å². The Hall–Kier alpha value is -3.48. The third kappa shape index (κ3) is 11.8. The van der Waals surface area contributed by atoms with Gasteiger partial charge in [-0.15, -0.1) is 0 Å². The number of nitrogens with zero attached hydrogens (tertiary/aromatic N) is 4. The summed E-state index contributed by atoms with van der Waals surface area (Å²) in [5.41, 5.74) is 2.61. The molecule has 0 saturated carbocycles. The van der Waals surface area contributed by atoms with Crippen LogP contribution in [-0.4, -0.2) is 117 Å². The largest absolute Gasteiger partial charge is 0.492 e. The normalized spacial score (nSPS) is 14.4. The van der Waals surface area contributed by atoms with Gasteiger partial charge in [-0.1, -0.05) is 0 Å². The van der Waals surface area contributed by atoms with Crippen molar-refractivity contribution in [1.82, 2.24) is 24.8 Å². The fourth-order valence-electron chi connectivity index (χ4n) is 3.39. The number of β-amino-alcohol motifs (C(OH)–C–C–N with tert-alkyl or cyclic N) is 1. The number of hydrogen-bond donors (Lipinski definition) is 4. The monoisotopic (exact) mass is 673 g/mol. The van der Waals surface area contributed by atoms with Crippen LogP contribution < -0.4 is 4.74 Å². The fraction of sp³-hybridized carbons (Fsp3) is 0.417. The molecule has 232 valence electrons. The molecule has 1 aliphatic rings. The summed E-state index contributed by atoms with van der Waals surface area (Å²) in [5.74, 6) is -3.85. The predicted molar refractivity (Wildman–Crippen MR) is 140 cm³/mol. The van der Waals surface area contributed by atoms with Gasteiger partial charge in [-0.2, -0.15) is 26.3 Å². The molecule has 1 aliphatic heterocycles. The quantitative estimate of drug-likeness (QED) is 0.274. The SMILES string of the molecule is O=C(O)C(F)(F)F.O=C(O)C(F)(F)F.OCCN1CCN(CCOc2ccc(-c3nc4cc(Br)cnc4[nH]3)cc2)CC1. The van der Waals surface area contributed by atoms with Crippen molar-refractivity contribution in [1.29, 1.82) is 0 Å². The predicted octanol–water partition coefficient (Wildman–Crippen LogP) is 3.64. The van der Waals surface area contributed by atoms with E-state index in [0.29, 0.717) is 6.61 Å². The highest BCUT2D eigenvalue weighted by atomic mass is 79.9. The summed E-state index contributed by atoms with van der Waals surface area (Å²) in [6.45, 7) is 6.67. The Labute approximate surface area is 242 Å². The smallest absolute Gasteiger partial charge is 0.490 e. The molecule has 0 amide bonds. The molecule has 1 fully saturated rings. The number of aromatic amines is 1. The number of fused-ring (bicyclic) bond motifs is 1. The average molecular weight is 674 g/mol. The molecule has 0 bridgehead atoms. The molecule has 0 atom stereocenters. The number of aliphatic carboxylic acids is 2. The van der Waals surface area contributed by atoms with E-state index in [1.807, 2.05) is 30.3 Å². The highest BCUT2D eigenvalue weighted by Crippen LogP contribution is 2.23. The summed E-state index contributed by atoms with van der Waals surface area (Å²) in [7, 11) is 0. The number of H-pyrrole nitrogens is 1. The summed E-state index contributed by atoms with van der Waals surface area (Å²) in [4.78, 5) is 34.7. The number of piperazine rings is 1. The van der Waals surface area contributed by atoms with Crippen LogP contribution in [-0.2, 0) is 9.59 Å². The molecule has 4 rings (SSSR count). The van der Waals surface area contributed by atoms with Crippen molar-refractivity contribution in [2.24, 2.45) is 0 Å². The minimum Gasteiger partial charge on any atom is -0.492 e. The summed E-state index contributed by atoms with van der Waals surface area (Å²) < 4.78 is 70.3. The second-order valence-electron chi connectivity index (χ2n) is 8.49. The van der Waals surface area contributed by atoms with Gasteiger partial charge in [0, 0.05) is 55.5 Å². The third-order valence-corrected chi connectivity index (χ3v) is 5.91. The number of halogens is 7. The van der Waals surface area contributed by atoms with Gasteiger partial charge < -0.3 is 25.0 Å². The number of hydrogen-bond acceptors (Lipinski definition) is 8. The number of carboxylic acids is 2. The topological polar surface area (TPSA) is 152 Å². The number of carboxylic acid groups (broad SMARTS) is 2. The number of aliphatic hydroxyl groups excluding tert-OH is 1. The number of imidazole rings is 1. The molecule has 3 aromatic rings. The molecule has 0 spiro atoms. The summed E-state index contributed by atoms with van der Waals surface area (Å²) in [6, 6.07) is 9.92. The lowest BCUT2D eigenvalue weighted by Gasteiger charge is -2.34. The molecular formula is C24H26BrF6N5O6. The number of aromatic nitrogens is 3. The molecule has 1 aromatic carbocycles. The van der Waals surface area contributed by atoms with E-state index in [-0.39, 0.29) is 6.61 Å². The second kappa shape index (κ2) is 15.7. The Morgan fingerprint density at radius 2 is 1.43 bits per heavy atom. The lowest BCUT2D eigenvalue weighted by Crippen LogP contribution is -2.48. The van der Waals surface area contributed by atoms with Crippen molar-refractivity contribution in [2.45, 2.75) is 12.4 Å². The van der Waals surface area contributed by atoms with Crippen LogP contribution in [0.1, 0.15) is 0 Å². The van der Waals surface area contributed by atoms with Crippen molar-refractivity contribution >= 4 is 39.0 Å². The van der Waals surface area contributed by atoms with E-state index >= 15 is 0 Å². The molecule has 0 unspecified atom stereocenters. The molecule has 0 aliphatic carbocycles. The van der Waals surface area contributed by atoms with Crippen LogP contribution in [0.5, 0.6) is 5.75 Å². The summed E-state index contributed by atoms with van der Waals surface area (Å²) in [6.07, 6.45) is -8.41. The third-order valence-electron chi connectivity index (χ3n) is 5.47. The van der Waals surface area contributed by atoms with Crippen LogP contribution >= 0.6 is 15.9 Å². The lowest BCUT2D eigenvalue weighted by molar-refractivity contribution is -0.193. The molecule has 11 nitrogen and oxygen atoms in total. The molecule has 18 heteroatoms. The van der Waals surface area contributed by atoms with Crippen molar-refractivity contribution in [3.63, 3.8) is 0 Å². The van der Waals surface area contributed by atoms with Gasteiger partial charge in [-0.05, 0) is 46.3 Å². The Kier molecular flexibility index (Phi) is 12.9. The second-order valence-corrected chi connectivity index (χ2v) is 9.41. The van der Waals surface area contributed by atoms with Gasteiger partial charge in [0.1, 0.15) is 23.7 Å². The van der Waals surface area contributed by atoms with Gasteiger partial charge in [-0.25, -0.2) is 19.6 Å². The number of rotatable bonds is 7. The minimum atomic E-state index is -5.08. The zero-order valence-corrected chi connectivity index (χ0v) is 23.2. The number of aliphatic hydroxyl groups is 1. The van der Waals surface area contributed by atoms with Crippen LogP contribution in [0.4, 0.5) is 26.3 Å². The summed E-state index contributed by atoms with van der Waals surface area (Å²) >= 11 is 3.42. The Morgan fingerprint density at radius 1 is 0.929 bits per heavy atom. The first-order valence-corrected chi connectivity index (χ1v) is 12.8. The van der Waals surface area contributed by atoms with E-state index in [0.717, 1.165) is 72.0 Å². The van der Waals surface area contributed by atoms with E-state index < -0.39 is 24.3 Å². The molecule has 0 radical (unpaired) electrons. The zero-order valence-electron chi connectivity index (χ0n) is 21.6. The van der Waals surface area contributed by atoms with Gasteiger partial charge in [0.25, 0.3) is 0 Å². The molecule has 3 heterocycles. The Bertz CT molecular complexity index is 1270. The van der Waals surface area contributed by atoms with Crippen LogP contribution in [0, 0.1) is 0 Å². The van der Waals surface area contributed by atoms with Crippen molar-refractivity contribution in [3.8, 4) is 17.1 Å². The highest BCUT2D eigenvalue weighted by molar-refractivity contribution is 9.10. The fourth-order valence-corrected chi connectivity index (χ4v) is 3.71. The van der Waals surface area contributed by atoms with E-state index in [1.165, 1.54) is 0 Å². The molecular weight excluding hydrogens is 648 g/mol. The van der Waals surface area contributed by atoms with Gasteiger partial charge in [0.2, 0.25) is 0 Å². The highest BCUT2D eigenvalue weighted by Gasteiger charge is 2.38. The molecule has 1 saturated heterocycles. The minimum absolute atomic E-state index is 0.237. The van der Waals surface area contributed by atoms with Gasteiger partial charge in [-0.3, -0.25) is 9.80 Å². The van der Waals surface area contributed by atoms with E-state index in [2.05, 4.69) is 40.7 Å². The number of pyridine rings is 1. The first-order valence-electron chi connectivity index (χ1n) is 12.0. The van der Waals surface area contributed by atoms with Crippen LogP contribution in [0.15, 0.2) is 41.0 Å². The van der Waals surface area contributed by atoms with E-state index in [4.69, 9.17) is 29.6 Å². The Balaban J connectivity index is 0.000000367. The maximum absolute atomic E-state index is 10.6. The summed E-state index contributed by atoms with van der Waals surface area (Å²) in [5, 5.41) is 23.3. The van der Waals surface area contributed by atoms with Gasteiger partial charge in [0.05, 0.1) is 6.61 Å².